The maximum absolute atomic E-state index is 13.4. The van der Waals surface area contributed by atoms with E-state index in [0.29, 0.717) is 0 Å². The van der Waals surface area contributed by atoms with Crippen LogP contribution in [0.15, 0.2) is 42.5 Å². The van der Waals surface area contributed by atoms with Crippen LogP contribution in [0.2, 0.25) is 0 Å². The lowest BCUT2D eigenvalue weighted by Crippen LogP contribution is -2.23. The summed E-state index contributed by atoms with van der Waals surface area (Å²) in [5.41, 5.74) is 3.45. The van der Waals surface area contributed by atoms with Crippen molar-refractivity contribution in [2.45, 2.75) is 26.3 Å². The molecule has 0 aliphatic heterocycles. The molecule has 1 atom stereocenters. The minimum Gasteiger partial charge on any atom is -0.310 e. The zero-order chi connectivity index (χ0) is 14.5. The van der Waals surface area contributed by atoms with Crippen molar-refractivity contribution in [2.75, 3.05) is 6.54 Å². The van der Waals surface area contributed by atoms with Crippen molar-refractivity contribution in [3.63, 3.8) is 0 Å². The van der Waals surface area contributed by atoms with Crippen molar-refractivity contribution in [3.05, 3.63) is 68.5 Å². The quantitative estimate of drug-likeness (QED) is 0.743. The van der Waals surface area contributed by atoms with Gasteiger partial charge in [0.2, 0.25) is 0 Å². The number of hydrogen-bond donors (Lipinski definition) is 1. The Morgan fingerprint density at radius 3 is 2.50 bits per heavy atom. The van der Waals surface area contributed by atoms with Gasteiger partial charge in [-0.05, 0) is 83.4 Å². The highest BCUT2D eigenvalue weighted by molar-refractivity contribution is 14.1. The van der Waals surface area contributed by atoms with Gasteiger partial charge >= 0.3 is 0 Å². The van der Waals surface area contributed by atoms with E-state index in [1.54, 1.807) is 6.07 Å². The molecule has 0 aliphatic carbocycles. The van der Waals surface area contributed by atoms with Crippen LogP contribution in [-0.2, 0) is 6.42 Å². The first-order chi connectivity index (χ1) is 9.60. The lowest BCUT2D eigenvalue weighted by Gasteiger charge is -2.20. The monoisotopic (exact) mass is 383 g/mol. The maximum Gasteiger partial charge on any atom is 0.123 e. The second-order valence-electron chi connectivity index (χ2n) is 4.94. The molecule has 2 aromatic carbocycles. The predicted octanol–water partition coefficient (Wildman–Crippen LogP) is 4.63. The van der Waals surface area contributed by atoms with Gasteiger partial charge in [-0.15, -0.1) is 0 Å². The third-order valence-electron chi connectivity index (χ3n) is 3.46. The lowest BCUT2D eigenvalue weighted by atomic mass is 9.96. The summed E-state index contributed by atoms with van der Waals surface area (Å²) in [6.45, 7) is 5.02. The first-order valence-corrected chi connectivity index (χ1v) is 7.92. The van der Waals surface area contributed by atoms with Gasteiger partial charge in [-0.3, -0.25) is 0 Å². The molecule has 0 saturated carbocycles. The molecule has 2 aromatic rings. The second kappa shape index (κ2) is 7.18. The minimum absolute atomic E-state index is 0.163. The number of nitrogens with one attached hydrogen (secondary N) is 1. The van der Waals surface area contributed by atoms with Gasteiger partial charge < -0.3 is 5.32 Å². The molecule has 1 nitrogen and oxygen atoms in total. The Balaban J connectivity index is 2.25. The fourth-order valence-electron chi connectivity index (χ4n) is 2.33. The molecule has 0 aromatic heterocycles. The zero-order valence-electron chi connectivity index (χ0n) is 11.8. The molecule has 0 bridgehead atoms. The topological polar surface area (TPSA) is 12.0 Å². The van der Waals surface area contributed by atoms with Gasteiger partial charge in [-0.2, -0.15) is 0 Å². The number of benzene rings is 2. The highest BCUT2D eigenvalue weighted by atomic mass is 127. The van der Waals surface area contributed by atoms with Crippen LogP contribution in [0.5, 0.6) is 0 Å². The maximum atomic E-state index is 13.4. The Hall–Kier alpha value is -0.940. The van der Waals surface area contributed by atoms with E-state index < -0.39 is 0 Å². The molecule has 0 heterocycles. The highest BCUT2D eigenvalue weighted by Crippen LogP contribution is 2.22. The van der Waals surface area contributed by atoms with Gasteiger partial charge in [0.25, 0.3) is 0 Å². The molecule has 0 fully saturated rings. The summed E-state index contributed by atoms with van der Waals surface area (Å²) in [4.78, 5) is 0. The molecule has 0 amide bonds. The minimum atomic E-state index is -0.163. The third-order valence-corrected chi connectivity index (χ3v) is 4.18. The van der Waals surface area contributed by atoms with E-state index in [9.17, 15) is 4.39 Å². The van der Waals surface area contributed by atoms with Crippen molar-refractivity contribution < 1.29 is 4.39 Å². The summed E-state index contributed by atoms with van der Waals surface area (Å²) in [5, 5.41) is 3.49. The first-order valence-electron chi connectivity index (χ1n) is 6.84. The number of rotatable bonds is 5. The molecule has 1 unspecified atom stereocenters. The number of likely N-dealkylation sites (N-methyl/N-ethyl adjacent to an activating group) is 1. The molecule has 0 radical (unpaired) electrons. The smallest absolute Gasteiger partial charge is 0.123 e. The van der Waals surface area contributed by atoms with E-state index in [2.05, 4.69) is 59.1 Å². The molecule has 20 heavy (non-hydrogen) atoms. The Bertz CT molecular complexity index is 566. The van der Waals surface area contributed by atoms with E-state index in [4.69, 9.17) is 0 Å². The summed E-state index contributed by atoms with van der Waals surface area (Å²) >= 11 is 2.30. The van der Waals surface area contributed by atoms with Gasteiger partial charge in [0, 0.05) is 9.61 Å². The molecular weight excluding hydrogens is 364 g/mol. The predicted molar refractivity (Wildman–Crippen MR) is 90.4 cm³/mol. The summed E-state index contributed by atoms with van der Waals surface area (Å²) in [6, 6.07) is 13.7. The van der Waals surface area contributed by atoms with Crippen molar-refractivity contribution in [2.24, 2.45) is 0 Å². The molecule has 106 valence electrons. The Morgan fingerprint density at radius 2 is 1.85 bits per heavy atom. The molecule has 0 saturated heterocycles. The van der Waals surface area contributed by atoms with E-state index in [1.165, 1.54) is 15.2 Å². The standard InChI is InChI=1S/C17H19FIN/c1-3-20-17(13-5-8-16(19)9-6-13)11-14-10-15(18)7-4-12(14)2/h4-10,17,20H,3,11H2,1-2H3. The van der Waals surface area contributed by atoms with Crippen molar-refractivity contribution >= 4 is 22.6 Å². The Labute approximate surface area is 133 Å². The Kier molecular flexibility index (Phi) is 5.54. The number of halogens is 2. The average molecular weight is 383 g/mol. The van der Waals surface area contributed by atoms with Crippen molar-refractivity contribution in [1.29, 1.82) is 0 Å². The van der Waals surface area contributed by atoms with Gasteiger partial charge in [0.15, 0.2) is 0 Å². The van der Waals surface area contributed by atoms with Crippen LogP contribution in [0.25, 0.3) is 0 Å². The summed E-state index contributed by atoms with van der Waals surface area (Å²) in [6.07, 6.45) is 0.804. The SMILES string of the molecule is CCNC(Cc1cc(F)ccc1C)c1ccc(I)cc1. The van der Waals surface area contributed by atoms with Crippen molar-refractivity contribution in [3.8, 4) is 0 Å². The number of hydrogen-bond acceptors (Lipinski definition) is 1. The molecule has 2 rings (SSSR count). The van der Waals surface area contributed by atoms with Crippen LogP contribution >= 0.6 is 22.6 Å². The summed E-state index contributed by atoms with van der Waals surface area (Å²) in [5.74, 6) is -0.163. The largest absolute Gasteiger partial charge is 0.310 e. The molecule has 1 N–H and O–H groups in total. The lowest BCUT2D eigenvalue weighted by molar-refractivity contribution is 0.545. The van der Waals surface area contributed by atoms with Crippen LogP contribution in [0.3, 0.4) is 0 Å². The van der Waals surface area contributed by atoms with Gasteiger partial charge in [-0.25, -0.2) is 4.39 Å². The molecule has 3 heteroatoms. The van der Waals surface area contributed by atoms with E-state index in [-0.39, 0.29) is 11.9 Å². The van der Waals surface area contributed by atoms with Gasteiger partial charge in [0.05, 0.1) is 0 Å². The van der Waals surface area contributed by atoms with E-state index in [1.807, 2.05) is 13.0 Å². The van der Waals surface area contributed by atoms with Crippen LogP contribution in [0, 0.1) is 16.3 Å². The summed E-state index contributed by atoms with van der Waals surface area (Å²) < 4.78 is 14.6. The van der Waals surface area contributed by atoms with Gasteiger partial charge in [-0.1, -0.05) is 25.1 Å². The van der Waals surface area contributed by atoms with Crippen LogP contribution in [0.4, 0.5) is 4.39 Å². The number of aryl methyl sites for hydroxylation is 1. The average Bonchev–Trinajstić information content (AvgIpc) is 2.43. The fraction of sp³-hybridized carbons (Fsp3) is 0.294. The molecule has 0 spiro atoms. The van der Waals surface area contributed by atoms with E-state index >= 15 is 0 Å². The zero-order valence-corrected chi connectivity index (χ0v) is 13.9. The third kappa shape index (κ3) is 4.03. The van der Waals surface area contributed by atoms with Crippen LogP contribution in [-0.4, -0.2) is 6.54 Å². The molecular formula is C17H19FIN. The highest BCUT2D eigenvalue weighted by Gasteiger charge is 2.13. The first kappa shape index (κ1) is 15.4. The summed E-state index contributed by atoms with van der Waals surface area (Å²) in [7, 11) is 0. The van der Waals surface area contributed by atoms with Gasteiger partial charge in [0.1, 0.15) is 5.82 Å². The fourth-order valence-corrected chi connectivity index (χ4v) is 2.69. The Morgan fingerprint density at radius 1 is 1.15 bits per heavy atom. The normalized spacial score (nSPS) is 12.4. The second-order valence-corrected chi connectivity index (χ2v) is 6.18. The molecule has 0 aliphatic rings. The van der Waals surface area contributed by atoms with E-state index in [0.717, 1.165) is 24.1 Å². The van der Waals surface area contributed by atoms with Crippen LogP contribution in [0.1, 0.15) is 29.7 Å². The van der Waals surface area contributed by atoms with Crippen molar-refractivity contribution in [1.82, 2.24) is 5.32 Å². The van der Waals surface area contributed by atoms with Crippen LogP contribution < -0.4 is 5.32 Å².